The van der Waals surface area contributed by atoms with Crippen molar-refractivity contribution < 1.29 is 12.9 Å². The van der Waals surface area contributed by atoms with Crippen LogP contribution in [0, 0.1) is 13.8 Å². The van der Waals surface area contributed by atoms with E-state index in [0.29, 0.717) is 6.54 Å². The van der Waals surface area contributed by atoms with Gasteiger partial charge in [0.2, 0.25) is 10.0 Å². The van der Waals surface area contributed by atoms with E-state index in [9.17, 15) is 8.42 Å². The molecule has 0 aliphatic carbocycles. The Morgan fingerprint density at radius 1 is 1.40 bits per heavy atom. The summed E-state index contributed by atoms with van der Waals surface area (Å²) >= 11 is 0. The number of likely N-dealkylation sites (tertiary alicyclic amines) is 1. The quantitative estimate of drug-likeness (QED) is 0.884. The molecule has 1 aliphatic heterocycles. The van der Waals surface area contributed by atoms with Gasteiger partial charge in [0.1, 0.15) is 5.76 Å². The van der Waals surface area contributed by atoms with Crippen LogP contribution in [0.3, 0.4) is 0 Å². The van der Waals surface area contributed by atoms with Gasteiger partial charge in [0.15, 0.2) is 0 Å². The summed E-state index contributed by atoms with van der Waals surface area (Å²) in [5, 5.41) is 3.98. The third kappa shape index (κ3) is 4.04. The minimum atomic E-state index is -3.13. The van der Waals surface area contributed by atoms with E-state index < -0.39 is 10.0 Å². The topological polar surface area (TPSA) is 75.4 Å². The summed E-state index contributed by atoms with van der Waals surface area (Å²) in [7, 11) is -3.13. The zero-order valence-corrected chi connectivity index (χ0v) is 13.2. The number of aromatic nitrogens is 1. The number of nitrogens with one attached hydrogen (secondary N) is 1. The summed E-state index contributed by atoms with van der Waals surface area (Å²) < 4.78 is 30.3. The highest BCUT2D eigenvalue weighted by atomic mass is 32.2. The average molecular weight is 301 g/mol. The molecule has 0 amide bonds. The Labute approximate surface area is 120 Å². The summed E-state index contributed by atoms with van der Waals surface area (Å²) in [6.07, 6.45) is 4.52. The first-order valence-electron chi connectivity index (χ1n) is 6.97. The van der Waals surface area contributed by atoms with Crippen LogP contribution in [0.25, 0.3) is 0 Å². The Morgan fingerprint density at radius 2 is 2.15 bits per heavy atom. The van der Waals surface area contributed by atoms with E-state index in [0.717, 1.165) is 49.4 Å². The fourth-order valence-electron chi connectivity index (χ4n) is 2.68. The molecule has 0 saturated carbocycles. The fraction of sp³-hybridized carbons (Fsp3) is 0.769. The molecule has 0 radical (unpaired) electrons. The molecule has 114 valence electrons. The van der Waals surface area contributed by atoms with E-state index in [-0.39, 0.29) is 6.04 Å². The maximum Gasteiger partial charge on any atom is 0.208 e. The summed E-state index contributed by atoms with van der Waals surface area (Å²) in [5.74, 6) is 0.850. The van der Waals surface area contributed by atoms with Crippen molar-refractivity contribution in [1.82, 2.24) is 14.8 Å². The van der Waals surface area contributed by atoms with Crippen LogP contribution in [0.5, 0.6) is 0 Å². The summed E-state index contributed by atoms with van der Waals surface area (Å²) in [5.41, 5.74) is 2.04. The summed E-state index contributed by atoms with van der Waals surface area (Å²) in [6.45, 7) is 6.10. The molecule has 1 saturated heterocycles. The first-order valence-corrected chi connectivity index (χ1v) is 8.86. The number of rotatable bonds is 5. The van der Waals surface area contributed by atoms with E-state index in [4.69, 9.17) is 4.52 Å². The second kappa shape index (κ2) is 6.24. The van der Waals surface area contributed by atoms with Gasteiger partial charge in [0.05, 0.1) is 11.9 Å². The lowest BCUT2D eigenvalue weighted by Crippen LogP contribution is -2.46. The highest BCUT2D eigenvalue weighted by Gasteiger charge is 2.25. The zero-order valence-electron chi connectivity index (χ0n) is 12.3. The van der Waals surface area contributed by atoms with Gasteiger partial charge >= 0.3 is 0 Å². The van der Waals surface area contributed by atoms with Crippen molar-refractivity contribution in [3.63, 3.8) is 0 Å². The van der Waals surface area contributed by atoms with Crippen LogP contribution in [0.4, 0.5) is 0 Å². The third-order valence-electron chi connectivity index (χ3n) is 3.87. The van der Waals surface area contributed by atoms with Crippen LogP contribution in [0.15, 0.2) is 4.52 Å². The number of sulfonamides is 1. The number of piperidine rings is 1. The first kappa shape index (κ1) is 15.5. The van der Waals surface area contributed by atoms with Crippen molar-refractivity contribution in [2.75, 3.05) is 19.3 Å². The van der Waals surface area contributed by atoms with Gasteiger partial charge < -0.3 is 4.52 Å². The first-order chi connectivity index (χ1) is 9.37. The molecule has 6 nitrogen and oxygen atoms in total. The molecular weight excluding hydrogens is 278 g/mol. The van der Waals surface area contributed by atoms with Crippen molar-refractivity contribution in [2.45, 2.75) is 45.7 Å². The van der Waals surface area contributed by atoms with E-state index in [1.165, 1.54) is 6.26 Å². The maximum atomic E-state index is 11.3. The molecule has 1 aromatic rings. The molecule has 1 aliphatic rings. The normalized spacial score (nSPS) is 21.2. The molecule has 7 heteroatoms. The Hall–Kier alpha value is -0.920. The highest BCUT2D eigenvalue weighted by molar-refractivity contribution is 7.88. The summed E-state index contributed by atoms with van der Waals surface area (Å²) in [4.78, 5) is 2.33. The van der Waals surface area contributed by atoms with E-state index >= 15 is 0 Å². The van der Waals surface area contributed by atoms with Crippen LogP contribution >= 0.6 is 0 Å². The Kier molecular flexibility index (Phi) is 4.82. The van der Waals surface area contributed by atoms with Crippen molar-refractivity contribution in [2.24, 2.45) is 0 Å². The van der Waals surface area contributed by atoms with Crippen LogP contribution in [0.2, 0.25) is 0 Å². The molecule has 0 unspecified atom stereocenters. The Morgan fingerprint density at radius 3 is 2.75 bits per heavy atom. The summed E-state index contributed by atoms with van der Waals surface area (Å²) in [6, 6.07) is 0.243. The lowest BCUT2D eigenvalue weighted by Gasteiger charge is -2.35. The van der Waals surface area contributed by atoms with Crippen molar-refractivity contribution in [1.29, 1.82) is 0 Å². The highest BCUT2D eigenvalue weighted by Crippen LogP contribution is 2.22. The van der Waals surface area contributed by atoms with E-state index in [1.807, 2.05) is 13.8 Å². The van der Waals surface area contributed by atoms with E-state index in [1.54, 1.807) is 0 Å². The Balaban J connectivity index is 2.03. The minimum absolute atomic E-state index is 0.243. The molecule has 1 N–H and O–H groups in total. The number of hydrogen-bond acceptors (Lipinski definition) is 5. The molecule has 1 aromatic heterocycles. The van der Waals surface area contributed by atoms with Gasteiger partial charge in [-0.05, 0) is 33.2 Å². The average Bonchev–Trinajstić information content (AvgIpc) is 2.68. The maximum absolute atomic E-state index is 11.3. The second-order valence-electron chi connectivity index (χ2n) is 5.54. The fourth-order valence-corrected chi connectivity index (χ4v) is 3.17. The minimum Gasteiger partial charge on any atom is -0.361 e. The lowest BCUT2D eigenvalue weighted by molar-refractivity contribution is 0.141. The van der Waals surface area contributed by atoms with Gasteiger partial charge in [0, 0.05) is 24.7 Å². The van der Waals surface area contributed by atoms with E-state index in [2.05, 4.69) is 14.8 Å². The monoisotopic (exact) mass is 301 g/mol. The van der Waals surface area contributed by atoms with Gasteiger partial charge in [0.25, 0.3) is 0 Å². The molecule has 1 atom stereocenters. The largest absolute Gasteiger partial charge is 0.361 e. The zero-order chi connectivity index (χ0) is 14.8. The molecular formula is C13H23N3O3S. The van der Waals surface area contributed by atoms with Gasteiger partial charge in [-0.25, -0.2) is 13.1 Å². The SMILES string of the molecule is Cc1noc(C)c1CN1CCCC[C@@H]1CNS(C)(=O)=O. The molecule has 0 spiro atoms. The molecule has 2 rings (SSSR count). The number of nitrogens with zero attached hydrogens (tertiary/aromatic N) is 2. The van der Waals surface area contributed by atoms with Gasteiger partial charge in [-0.3, -0.25) is 4.90 Å². The van der Waals surface area contributed by atoms with Crippen LogP contribution in [-0.2, 0) is 16.6 Å². The molecule has 1 fully saturated rings. The smallest absolute Gasteiger partial charge is 0.208 e. The van der Waals surface area contributed by atoms with Crippen molar-refractivity contribution >= 4 is 10.0 Å². The van der Waals surface area contributed by atoms with Gasteiger partial charge in [-0.15, -0.1) is 0 Å². The second-order valence-corrected chi connectivity index (χ2v) is 7.38. The predicted molar refractivity (Wildman–Crippen MR) is 76.9 cm³/mol. The Bertz CT molecular complexity index is 534. The predicted octanol–water partition coefficient (Wildman–Crippen LogP) is 1.20. The van der Waals surface area contributed by atoms with Crippen molar-refractivity contribution in [3.8, 4) is 0 Å². The lowest BCUT2D eigenvalue weighted by atomic mass is 10.0. The van der Waals surface area contributed by atoms with Gasteiger partial charge in [-0.2, -0.15) is 0 Å². The standard InChI is InChI=1S/C13H23N3O3S/c1-10-13(11(2)19-15-10)9-16-7-5-4-6-12(16)8-14-20(3,17)18/h12,14H,4-9H2,1-3H3/t12-/m1/s1. The van der Waals surface area contributed by atoms with Crippen LogP contribution < -0.4 is 4.72 Å². The van der Waals surface area contributed by atoms with Gasteiger partial charge in [-0.1, -0.05) is 11.6 Å². The van der Waals surface area contributed by atoms with Crippen LogP contribution in [0.1, 0.15) is 36.3 Å². The number of aryl methyl sites for hydroxylation is 2. The molecule has 2 heterocycles. The number of hydrogen-bond donors (Lipinski definition) is 1. The van der Waals surface area contributed by atoms with Crippen molar-refractivity contribution in [3.05, 3.63) is 17.0 Å². The molecule has 0 bridgehead atoms. The van der Waals surface area contributed by atoms with Crippen LogP contribution in [-0.4, -0.2) is 43.9 Å². The molecule has 20 heavy (non-hydrogen) atoms. The molecule has 0 aromatic carbocycles. The third-order valence-corrected chi connectivity index (χ3v) is 4.56.